The van der Waals surface area contributed by atoms with E-state index in [0.717, 1.165) is 15.6 Å². The van der Waals surface area contributed by atoms with Crippen LogP contribution in [0.25, 0.3) is 0 Å². The standard InChI is InChI=1S/C14H15BrO3/c15-13-3-1-12(2-4-13)14(9-16,10-17)7-11-5-6-18-8-11/h1-6,8,16-17H,7,9-10H2. The van der Waals surface area contributed by atoms with E-state index >= 15 is 0 Å². The first kappa shape index (κ1) is 13.3. The maximum Gasteiger partial charge on any atom is 0.0934 e. The van der Waals surface area contributed by atoms with Crippen LogP contribution in [0.3, 0.4) is 0 Å². The van der Waals surface area contributed by atoms with Gasteiger partial charge in [0.25, 0.3) is 0 Å². The second-order valence-corrected chi connectivity index (χ2v) is 5.33. The summed E-state index contributed by atoms with van der Waals surface area (Å²) < 4.78 is 6.01. The molecule has 0 spiro atoms. The molecule has 1 aromatic heterocycles. The summed E-state index contributed by atoms with van der Waals surface area (Å²) in [4.78, 5) is 0. The molecule has 0 aliphatic heterocycles. The number of benzene rings is 1. The molecule has 0 unspecified atom stereocenters. The Morgan fingerprint density at radius 1 is 1.06 bits per heavy atom. The molecule has 1 heterocycles. The molecule has 0 saturated carbocycles. The van der Waals surface area contributed by atoms with Crippen LogP contribution in [0.1, 0.15) is 11.1 Å². The minimum absolute atomic E-state index is 0.115. The second-order valence-electron chi connectivity index (χ2n) is 4.41. The van der Waals surface area contributed by atoms with E-state index < -0.39 is 5.41 Å². The summed E-state index contributed by atoms with van der Waals surface area (Å²) in [5, 5.41) is 19.4. The van der Waals surface area contributed by atoms with Crippen LogP contribution in [0.2, 0.25) is 0 Å². The average Bonchev–Trinajstić information content (AvgIpc) is 2.90. The van der Waals surface area contributed by atoms with E-state index in [9.17, 15) is 10.2 Å². The van der Waals surface area contributed by atoms with Crippen LogP contribution in [0.15, 0.2) is 51.7 Å². The van der Waals surface area contributed by atoms with E-state index in [1.54, 1.807) is 12.5 Å². The SMILES string of the molecule is OCC(CO)(Cc1ccoc1)c1ccc(Br)cc1. The molecular weight excluding hydrogens is 296 g/mol. The van der Waals surface area contributed by atoms with Gasteiger partial charge in [-0.25, -0.2) is 0 Å². The number of hydrogen-bond donors (Lipinski definition) is 2. The molecule has 0 saturated heterocycles. The summed E-state index contributed by atoms with van der Waals surface area (Å²) in [7, 11) is 0. The molecule has 0 aliphatic rings. The Bertz CT molecular complexity index is 472. The Balaban J connectivity index is 2.33. The van der Waals surface area contributed by atoms with Crippen LogP contribution in [-0.4, -0.2) is 23.4 Å². The van der Waals surface area contributed by atoms with Crippen molar-refractivity contribution in [3.8, 4) is 0 Å². The highest BCUT2D eigenvalue weighted by Crippen LogP contribution is 2.29. The molecule has 0 fully saturated rings. The lowest BCUT2D eigenvalue weighted by Crippen LogP contribution is -2.37. The third kappa shape index (κ3) is 2.66. The summed E-state index contributed by atoms with van der Waals surface area (Å²) in [5.74, 6) is 0. The number of hydrogen-bond acceptors (Lipinski definition) is 3. The first-order valence-electron chi connectivity index (χ1n) is 5.69. The van der Waals surface area contributed by atoms with Crippen LogP contribution in [0, 0.1) is 0 Å². The van der Waals surface area contributed by atoms with Gasteiger partial charge in [-0.15, -0.1) is 0 Å². The van der Waals surface area contributed by atoms with Crippen LogP contribution in [-0.2, 0) is 11.8 Å². The number of halogens is 1. The summed E-state index contributed by atoms with van der Waals surface area (Å²) in [6.45, 7) is -0.230. The fourth-order valence-electron chi connectivity index (χ4n) is 2.03. The number of aliphatic hydroxyl groups is 2. The largest absolute Gasteiger partial charge is 0.472 e. The highest BCUT2D eigenvalue weighted by molar-refractivity contribution is 9.10. The molecule has 18 heavy (non-hydrogen) atoms. The predicted molar refractivity (Wildman–Crippen MR) is 72.4 cm³/mol. The number of furan rings is 1. The summed E-state index contributed by atoms with van der Waals surface area (Å²) >= 11 is 3.38. The Kier molecular flexibility index (Phi) is 4.22. The highest BCUT2D eigenvalue weighted by Gasteiger charge is 2.31. The van der Waals surface area contributed by atoms with Crippen molar-refractivity contribution >= 4 is 15.9 Å². The third-order valence-electron chi connectivity index (χ3n) is 3.18. The minimum Gasteiger partial charge on any atom is -0.472 e. The van der Waals surface area contributed by atoms with Gasteiger partial charge in [0.2, 0.25) is 0 Å². The molecule has 0 aliphatic carbocycles. The quantitative estimate of drug-likeness (QED) is 0.892. The zero-order valence-corrected chi connectivity index (χ0v) is 11.4. The van der Waals surface area contributed by atoms with Gasteiger partial charge in [-0.2, -0.15) is 0 Å². The molecule has 96 valence electrons. The molecule has 4 heteroatoms. The average molecular weight is 311 g/mol. The van der Waals surface area contributed by atoms with Gasteiger partial charge in [-0.05, 0) is 35.7 Å². The van der Waals surface area contributed by atoms with E-state index in [1.807, 2.05) is 30.3 Å². The van der Waals surface area contributed by atoms with Crippen molar-refractivity contribution in [2.24, 2.45) is 0 Å². The zero-order valence-electron chi connectivity index (χ0n) is 9.84. The van der Waals surface area contributed by atoms with Gasteiger partial charge in [0.05, 0.1) is 25.7 Å². The fourth-order valence-corrected chi connectivity index (χ4v) is 2.30. The van der Waals surface area contributed by atoms with Crippen molar-refractivity contribution < 1.29 is 14.6 Å². The zero-order chi connectivity index (χ0) is 13.0. The summed E-state index contributed by atoms with van der Waals surface area (Å²) in [5.41, 5.74) is 1.20. The molecule has 3 nitrogen and oxygen atoms in total. The molecule has 0 radical (unpaired) electrons. The van der Waals surface area contributed by atoms with Crippen molar-refractivity contribution in [2.75, 3.05) is 13.2 Å². The van der Waals surface area contributed by atoms with Crippen molar-refractivity contribution in [3.63, 3.8) is 0 Å². The Morgan fingerprint density at radius 3 is 2.22 bits per heavy atom. The molecule has 0 atom stereocenters. The maximum atomic E-state index is 9.70. The maximum absolute atomic E-state index is 9.70. The van der Waals surface area contributed by atoms with Gasteiger partial charge in [-0.3, -0.25) is 0 Å². The molecular formula is C14H15BrO3. The van der Waals surface area contributed by atoms with Crippen molar-refractivity contribution in [2.45, 2.75) is 11.8 Å². The first-order chi connectivity index (χ1) is 8.70. The van der Waals surface area contributed by atoms with Crippen LogP contribution >= 0.6 is 15.9 Å². The van der Waals surface area contributed by atoms with Gasteiger partial charge >= 0.3 is 0 Å². The van der Waals surface area contributed by atoms with Gasteiger partial charge in [0.15, 0.2) is 0 Å². The lowest BCUT2D eigenvalue weighted by atomic mass is 9.77. The predicted octanol–water partition coefficient (Wildman–Crippen LogP) is 2.51. The molecule has 2 N–H and O–H groups in total. The van der Waals surface area contributed by atoms with E-state index in [0.29, 0.717) is 6.42 Å². The van der Waals surface area contributed by atoms with Crippen LogP contribution in [0.4, 0.5) is 0 Å². The number of rotatable bonds is 5. The van der Waals surface area contributed by atoms with E-state index in [4.69, 9.17) is 4.42 Å². The Morgan fingerprint density at radius 2 is 1.72 bits per heavy atom. The van der Waals surface area contributed by atoms with Crippen molar-refractivity contribution in [1.29, 1.82) is 0 Å². The first-order valence-corrected chi connectivity index (χ1v) is 6.48. The Hall–Kier alpha value is -1.10. The summed E-state index contributed by atoms with van der Waals surface area (Å²) in [6.07, 6.45) is 3.77. The number of aliphatic hydroxyl groups excluding tert-OH is 2. The van der Waals surface area contributed by atoms with Crippen molar-refractivity contribution in [1.82, 2.24) is 0 Å². The molecule has 0 amide bonds. The van der Waals surface area contributed by atoms with Crippen LogP contribution in [0.5, 0.6) is 0 Å². The monoisotopic (exact) mass is 310 g/mol. The van der Waals surface area contributed by atoms with Gasteiger partial charge in [0, 0.05) is 9.89 Å². The lowest BCUT2D eigenvalue weighted by molar-refractivity contribution is 0.116. The molecule has 1 aromatic carbocycles. The van der Waals surface area contributed by atoms with E-state index in [1.165, 1.54) is 0 Å². The minimum atomic E-state index is -0.676. The smallest absolute Gasteiger partial charge is 0.0934 e. The summed E-state index contributed by atoms with van der Waals surface area (Å²) in [6, 6.07) is 9.49. The normalized spacial score (nSPS) is 11.7. The van der Waals surface area contributed by atoms with Crippen LogP contribution < -0.4 is 0 Å². The topological polar surface area (TPSA) is 53.6 Å². The highest BCUT2D eigenvalue weighted by atomic mass is 79.9. The second kappa shape index (κ2) is 5.69. The van der Waals surface area contributed by atoms with Gasteiger partial charge in [0.1, 0.15) is 0 Å². The van der Waals surface area contributed by atoms with Gasteiger partial charge in [-0.1, -0.05) is 28.1 Å². The van der Waals surface area contributed by atoms with Crippen molar-refractivity contribution in [3.05, 3.63) is 58.5 Å². The molecule has 0 bridgehead atoms. The Labute approximate surface area is 114 Å². The van der Waals surface area contributed by atoms with Gasteiger partial charge < -0.3 is 14.6 Å². The van der Waals surface area contributed by atoms with E-state index in [2.05, 4.69) is 15.9 Å². The lowest BCUT2D eigenvalue weighted by Gasteiger charge is -2.30. The molecule has 2 aromatic rings. The third-order valence-corrected chi connectivity index (χ3v) is 3.71. The fraction of sp³-hybridized carbons (Fsp3) is 0.286. The molecule has 2 rings (SSSR count). The van der Waals surface area contributed by atoms with E-state index in [-0.39, 0.29) is 13.2 Å².